The summed E-state index contributed by atoms with van der Waals surface area (Å²) in [7, 11) is 0. The lowest BCUT2D eigenvalue weighted by Crippen LogP contribution is -2.30. The summed E-state index contributed by atoms with van der Waals surface area (Å²) in [6.45, 7) is 8.19. The Morgan fingerprint density at radius 3 is 2.73 bits per heavy atom. The first kappa shape index (κ1) is 10.6. The summed E-state index contributed by atoms with van der Waals surface area (Å²) in [5, 5.41) is 3.37. The van der Waals surface area contributed by atoms with E-state index in [1.807, 2.05) is 6.07 Å². The first-order valence-corrected chi connectivity index (χ1v) is 5.51. The van der Waals surface area contributed by atoms with Crippen molar-refractivity contribution in [3.63, 3.8) is 0 Å². The van der Waals surface area contributed by atoms with Gasteiger partial charge in [0.25, 0.3) is 0 Å². The molecular formula is C13H18FN. The van der Waals surface area contributed by atoms with Crippen molar-refractivity contribution in [1.82, 2.24) is 5.32 Å². The Bertz CT molecular complexity index is 375. The number of nitrogens with one attached hydrogen (secondary N) is 1. The van der Waals surface area contributed by atoms with Gasteiger partial charge in [0.15, 0.2) is 0 Å². The largest absolute Gasteiger partial charge is 0.316 e. The molecule has 0 radical (unpaired) electrons. The zero-order chi connectivity index (χ0) is 11.1. The summed E-state index contributed by atoms with van der Waals surface area (Å²) in [6, 6.07) is 5.63. The van der Waals surface area contributed by atoms with Crippen LogP contribution < -0.4 is 5.32 Å². The second kappa shape index (κ2) is 3.60. The molecule has 2 unspecified atom stereocenters. The van der Waals surface area contributed by atoms with Crippen molar-refractivity contribution in [2.24, 2.45) is 5.92 Å². The Labute approximate surface area is 90.7 Å². The van der Waals surface area contributed by atoms with Gasteiger partial charge in [0.2, 0.25) is 0 Å². The Kier molecular flexibility index (Phi) is 2.55. The molecule has 0 bridgehead atoms. The minimum atomic E-state index is -0.0900. The maximum absolute atomic E-state index is 13.5. The van der Waals surface area contributed by atoms with Crippen LogP contribution >= 0.6 is 0 Å². The highest BCUT2D eigenvalue weighted by Gasteiger charge is 2.37. The van der Waals surface area contributed by atoms with Gasteiger partial charge in [0.1, 0.15) is 5.82 Å². The Hall–Kier alpha value is -0.890. The molecule has 1 heterocycles. The van der Waals surface area contributed by atoms with E-state index in [0.29, 0.717) is 5.92 Å². The third-order valence-electron chi connectivity index (χ3n) is 3.86. The van der Waals surface area contributed by atoms with E-state index in [0.717, 1.165) is 24.2 Å². The monoisotopic (exact) mass is 207 g/mol. The van der Waals surface area contributed by atoms with Crippen LogP contribution in [0.1, 0.15) is 25.0 Å². The molecule has 0 amide bonds. The topological polar surface area (TPSA) is 12.0 Å². The second-order valence-electron chi connectivity index (χ2n) is 4.91. The van der Waals surface area contributed by atoms with Gasteiger partial charge in [0, 0.05) is 12.0 Å². The number of rotatable bonds is 1. The average Bonchev–Trinajstić information content (AvgIpc) is 2.53. The van der Waals surface area contributed by atoms with Gasteiger partial charge >= 0.3 is 0 Å². The van der Waals surface area contributed by atoms with Crippen molar-refractivity contribution in [1.29, 1.82) is 0 Å². The van der Waals surface area contributed by atoms with Crippen molar-refractivity contribution in [3.8, 4) is 0 Å². The third kappa shape index (κ3) is 1.67. The van der Waals surface area contributed by atoms with Crippen molar-refractivity contribution in [2.45, 2.75) is 26.2 Å². The van der Waals surface area contributed by atoms with Gasteiger partial charge in [-0.25, -0.2) is 4.39 Å². The van der Waals surface area contributed by atoms with Crippen LogP contribution in [0.15, 0.2) is 18.2 Å². The van der Waals surface area contributed by atoms with Crippen molar-refractivity contribution < 1.29 is 4.39 Å². The van der Waals surface area contributed by atoms with Gasteiger partial charge < -0.3 is 5.32 Å². The highest BCUT2D eigenvalue weighted by Crippen LogP contribution is 2.35. The van der Waals surface area contributed by atoms with Crippen LogP contribution in [0.4, 0.5) is 4.39 Å². The number of hydrogen-bond acceptors (Lipinski definition) is 1. The molecule has 1 nitrogen and oxygen atoms in total. The summed E-state index contributed by atoms with van der Waals surface area (Å²) in [4.78, 5) is 0. The van der Waals surface area contributed by atoms with E-state index in [1.54, 1.807) is 13.0 Å². The maximum Gasteiger partial charge on any atom is 0.126 e. The van der Waals surface area contributed by atoms with Gasteiger partial charge in [-0.2, -0.15) is 0 Å². The van der Waals surface area contributed by atoms with Crippen LogP contribution in [-0.4, -0.2) is 13.1 Å². The van der Waals surface area contributed by atoms with Gasteiger partial charge in [-0.3, -0.25) is 0 Å². The lowest BCUT2D eigenvalue weighted by Gasteiger charge is -2.29. The number of hydrogen-bond donors (Lipinski definition) is 1. The quantitative estimate of drug-likeness (QED) is 0.746. The van der Waals surface area contributed by atoms with Crippen LogP contribution in [0.2, 0.25) is 0 Å². The molecule has 1 aromatic carbocycles. The minimum absolute atomic E-state index is 0.0779. The molecule has 0 aromatic heterocycles. The average molecular weight is 207 g/mol. The van der Waals surface area contributed by atoms with E-state index in [9.17, 15) is 4.39 Å². The molecular weight excluding hydrogens is 189 g/mol. The predicted molar refractivity (Wildman–Crippen MR) is 60.5 cm³/mol. The molecule has 15 heavy (non-hydrogen) atoms. The molecule has 82 valence electrons. The summed E-state index contributed by atoms with van der Waals surface area (Å²) in [5.41, 5.74) is 1.92. The molecule has 1 aromatic rings. The SMILES string of the molecule is Cc1ccc(C2(C)CNCC2C)cc1F. The summed E-state index contributed by atoms with van der Waals surface area (Å²) < 4.78 is 13.5. The maximum atomic E-state index is 13.5. The van der Waals surface area contributed by atoms with Crippen LogP contribution in [-0.2, 0) is 5.41 Å². The number of halogens is 1. The molecule has 0 aliphatic carbocycles. The predicted octanol–water partition coefficient (Wildman–Crippen LogP) is 2.63. The van der Waals surface area contributed by atoms with Gasteiger partial charge in [-0.1, -0.05) is 26.0 Å². The molecule has 0 spiro atoms. The Morgan fingerprint density at radius 2 is 2.20 bits per heavy atom. The fourth-order valence-corrected chi connectivity index (χ4v) is 2.28. The summed E-state index contributed by atoms with van der Waals surface area (Å²) in [6.07, 6.45) is 0. The van der Waals surface area contributed by atoms with Crippen LogP contribution in [0, 0.1) is 18.7 Å². The molecule has 2 atom stereocenters. The standard InChI is InChI=1S/C13H18FN/c1-9-4-5-11(6-12(9)14)13(3)8-15-7-10(13)2/h4-6,10,15H,7-8H2,1-3H3. The lowest BCUT2D eigenvalue weighted by atomic mass is 9.75. The van der Waals surface area contributed by atoms with E-state index in [1.165, 1.54) is 0 Å². The fourth-order valence-electron chi connectivity index (χ4n) is 2.28. The molecule has 2 rings (SSSR count). The Balaban J connectivity index is 2.40. The van der Waals surface area contributed by atoms with Gasteiger partial charge in [-0.15, -0.1) is 0 Å². The van der Waals surface area contributed by atoms with Crippen LogP contribution in [0.25, 0.3) is 0 Å². The number of benzene rings is 1. The zero-order valence-corrected chi connectivity index (χ0v) is 9.60. The summed E-state index contributed by atoms with van der Waals surface area (Å²) >= 11 is 0. The van der Waals surface area contributed by atoms with E-state index in [-0.39, 0.29) is 11.2 Å². The van der Waals surface area contributed by atoms with Crippen molar-refractivity contribution in [3.05, 3.63) is 35.1 Å². The molecule has 1 aliphatic heterocycles. The smallest absolute Gasteiger partial charge is 0.126 e. The van der Waals surface area contributed by atoms with E-state index < -0.39 is 0 Å². The minimum Gasteiger partial charge on any atom is -0.316 e. The van der Waals surface area contributed by atoms with E-state index in [2.05, 4.69) is 25.2 Å². The molecule has 1 N–H and O–H groups in total. The number of aryl methyl sites for hydroxylation is 1. The normalized spacial score (nSPS) is 30.8. The van der Waals surface area contributed by atoms with Crippen LogP contribution in [0.5, 0.6) is 0 Å². The third-order valence-corrected chi connectivity index (χ3v) is 3.86. The molecule has 2 heteroatoms. The molecule has 1 aliphatic rings. The van der Waals surface area contributed by atoms with Crippen LogP contribution in [0.3, 0.4) is 0 Å². The van der Waals surface area contributed by atoms with Crippen molar-refractivity contribution in [2.75, 3.05) is 13.1 Å². The second-order valence-corrected chi connectivity index (χ2v) is 4.91. The van der Waals surface area contributed by atoms with Gasteiger partial charge in [-0.05, 0) is 36.6 Å². The fraction of sp³-hybridized carbons (Fsp3) is 0.538. The van der Waals surface area contributed by atoms with E-state index >= 15 is 0 Å². The van der Waals surface area contributed by atoms with Gasteiger partial charge in [0.05, 0.1) is 0 Å². The first-order chi connectivity index (χ1) is 7.04. The highest BCUT2D eigenvalue weighted by molar-refractivity contribution is 5.31. The molecule has 0 saturated carbocycles. The molecule has 1 fully saturated rings. The Morgan fingerprint density at radius 1 is 1.47 bits per heavy atom. The molecule has 1 saturated heterocycles. The first-order valence-electron chi connectivity index (χ1n) is 5.51. The van der Waals surface area contributed by atoms with E-state index in [4.69, 9.17) is 0 Å². The summed E-state index contributed by atoms with van der Waals surface area (Å²) in [5.74, 6) is 0.465. The van der Waals surface area contributed by atoms with Crippen molar-refractivity contribution >= 4 is 0 Å². The lowest BCUT2D eigenvalue weighted by molar-refractivity contribution is 0.401. The highest BCUT2D eigenvalue weighted by atomic mass is 19.1. The zero-order valence-electron chi connectivity index (χ0n) is 9.60.